The molecule has 2 atom stereocenters. The van der Waals surface area contributed by atoms with Gasteiger partial charge in [0, 0.05) is 19.0 Å². The Morgan fingerprint density at radius 1 is 1.30 bits per heavy atom. The van der Waals surface area contributed by atoms with Crippen LogP contribution in [0, 0.1) is 5.92 Å². The van der Waals surface area contributed by atoms with Crippen molar-refractivity contribution in [2.75, 3.05) is 26.3 Å². The summed E-state index contributed by atoms with van der Waals surface area (Å²) in [7, 11) is 0. The van der Waals surface area contributed by atoms with Crippen molar-refractivity contribution >= 4 is 18.3 Å². The number of amides is 1. The predicted octanol–water partition coefficient (Wildman–Crippen LogP) is 2.01. The fourth-order valence-corrected chi connectivity index (χ4v) is 3.30. The molecular weight excluding hydrogens is 316 g/mol. The third-order valence-corrected chi connectivity index (χ3v) is 4.55. The molecule has 0 bridgehead atoms. The molecular formula is C17H25ClN2O3. The number of nitrogens with zero attached hydrogens (tertiary/aromatic N) is 1. The molecule has 5 nitrogen and oxygen atoms in total. The fourth-order valence-electron chi connectivity index (χ4n) is 3.30. The van der Waals surface area contributed by atoms with Gasteiger partial charge in [0.1, 0.15) is 13.2 Å². The van der Waals surface area contributed by atoms with Crippen molar-refractivity contribution in [2.45, 2.75) is 32.2 Å². The van der Waals surface area contributed by atoms with Crippen molar-refractivity contribution in [2.24, 2.45) is 11.7 Å². The lowest BCUT2D eigenvalue weighted by molar-refractivity contribution is -0.131. The van der Waals surface area contributed by atoms with Crippen LogP contribution in [0.2, 0.25) is 0 Å². The van der Waals surface area contributed by atoms with Crippen LogP contribution in [-0.4, -0.2) is 43.2 Å². The van der Waals surface area contributed by atoms with E-state index in [1.165, 1.54) is 0 Å². The van der Waals surface area contributed by atoms with Crippen molar-refractivity contribution in [3.05, 3.63) is 23.8 Å². The van der Waals surface area contributed by atoms with E-state index in [9.17, 15) is 4.79 Å². The second kappa shape index (κ2) is 7.88. The zero-order valence-corrected chi connectivity index (χ0v) is 14.3. The van der Waals surface area contributed by atoms with Gasteiger partial charge in [-0.15, -0.1) is 12.4 Å². The second-order valence-corrected chi connectivity index (χ2v) is 6.21. The van der Waals surface area contributed by atoms with Gasteiger partial charge in [-0.05, 0) is 49.9 Å². The van der Waals surface area contributed by atoms with E-state index in [0.29, 0.717) is 38.1 Å². The number of aryl methyl sites for hydroxylation is 1. The smallest absolute Gasteiger partial charge is 0.223 e. The summed E-state index contributed by atoms with van der Waals surface area (Å²) in [6, 6.07) is 6.23. The van der Waals surface area contributed by atoms with Crippen LogP contribution < -0.4 is 15.2 Å². The normalized spacial score (nSPS) is 22.6. The van der Waals surface area contributed by atoms with Crippen molar-refractivity contribution in [1.82, 2.24) is 4.90 Å². The molecule has 23 heavy (non-hydrogen) atoms. The third kappa shape index (κ3) is 4.09. The molecule has 1 saturated heterocycles. The highest BCUT2D eigenvalue weighted by Crippen LogP contribution is 2.31. The van der Waals surface area contributed by atoms with Gasteiger partial charge in [-0.3, -0.25) is 4.79 Å². The molecule has 1 amide bonds. The number of carbonyl (C=O) groups is 1. The maximum Gasteiger partial charge on any atom is 0.223 e. The Hall–Kier alpha value is -1.46. The van der Waals surface area contributed by atoms with E-state index in [4.69, 9.17) is 15.2 Å². The zero-order chi connectivity index (χ0) is 15.5. The molecule has 1 fully saturated rings. The molecule has 1 aromatic carbocycles. The molecule has 2 aliphatic rings. The number of hydrogen-bond acceptors (Lipinski definition) is 4. The van der Waals surface area contributed by atoms with Crippen molar-refractivity contribution in [3.63, 3.8) is 0 Å². The Bertz CT molecular complexity index is 553. The number of halogens is 1. The molecule has 0 spiro atoms. The summed E-state index contributed by atoms with van der Waals surface area (Å²) in [5, 5.41) is 0. The SMILES string of the molecule is CC1CC(CN)CN1C(=O)CCc1ccc2c(c1)OCCO2.Cl. The molecule has 0 aliphatic carbocycles. The lowest BCUT2D eigenvalue weighted by Crippen LogP contribution is -2.34. The van der Waals surface area contributed by atoms with E-state index in [1.807, 2.05) is 23.1 Å². The summed E-state index contributed by atoms with van der Waals surface area (Å²) in [6.07, 6.45) is 2.28. The molecule has 1 aromatic rings. The number of fused-ring (bicyclic) bond motifs is 1. The van der Waals surface area contributed by atoms with E-state index >= 15 is 0 Å². The first-order valence-corrected chi connectivity index (χ1v) is 8.05. The summed E-state index contributed by atoms with van der Waals surface area (Å²) < 4.78 is 11.1. The Morgan fingerprint density at radius 2 is 2.04 bits per heavy atom. The molecule has 128 valence electrons. The number of benzene rings is 1. The number of hydrogen-bond donors (Lipinski definition) is 1. The summed E-state index contributed by atoms with van der Waals surface area (Å²) in [6.45, 7) is 4.76. The fraction of sp³-hybridized carbons (Fsp3) is 0.588. The highest BCUT2D eigenvalue weighted by molar-refractivity contribution is 5.85. The highest BCUT2D eigenvalue weighted by Gasteiger charge is 2.31. The zero-order valence-electron chi connectivity index (χ0n) is 13.5. The monoisotopic (exact) mass is 340 g/mol. The molecule has 0 radical (unpaired) electrons. The first-order chi connectivity index (χ1) is 10.7. The molecule has 6 heteroatoms. The Labute approximate surface area is 143 Å². The van der Waals surface area contributed by atoms with Crippen LogP contribution in [0.25, 0.3) is 0 Å². The average molecular weight is 341 g/mol. The van der Waals surface area contributed by atoms with Crippen LogP contribution in [0.5, 0.6) is 11.5 Å². The van der Waals surface area contributed by atoms with E-state index in [-0.39, 0.29) is 18.3 Å². The third-order valence-electron chi connectivity index (χ3n) is 4.55. The minimum absolute atomic E-state index is 0. The number of likely N-dealkylation sites (tertiary alicyclic amines) is 1. The van der Waals surface area contributed by atoms with Crippen LogP contribution in [-0.2, 0) is 11.2 Å². The van der Waals surface area contributed by atoms with Gasteiger partial charge in [0.2, 0.25) is 5.91 Å². The van der Waals surface area contributed by atoms with Gasteiger partial charge in [0.05, 0.1) is 0 Å². The standard InChI is InChI=1S/C17H24N2O3.ClH/c1-12-8-14(10-18)11-19(12)17(20)5-3-13-2-4-15-16(9-13)22-7-6-21-15;/h2,4,9,12,14H,3,5-8,10-11,18H2,1H3;1H. The lowest BCUT2D eigenvalue weighted by atomic mass is 10.1. The summed E-state index contributed by atoms with van der Waals surface area (Å²) in [5.74, 6) is 2.25. The summed E-state index contributed by atoms with van der Waals surface area (Å²) in [4.78, 5) is 14.4. The molecule has 2 heterocycles. The Kier molecular flexibility index (Phi) is 6.13. The first-order valence-electron chi connectivity index (χ1n) is 8.05. The molecule has 2 aliphatic heterocycles. The van der Waals surface area contributed by atoms with Gasteiger partial charge < -0.3 is 20.1 Å². The van der Waals surface area contributed by atoms with Gasteiger partial charge in [0.15, 0.2) is 11.5 Å². The highest BCUT2D eigenvalue weighted by atomic mass is 35.5. The van der Waals surface area contributed by atoms with Crippen molar-refractivity contribution in [1.29, 1.82) is 0 Å². The van der Waals surface area contributed by atoms with Crippen LogP contribution in [0.3, 0.4) is 0 Å². The quantitative estimate of drug-likeness (QED) is 0.910. The summed E-state index contributed by atoms with van der Waals surface area (Å²) in [5.41, 5.74) is 6.84. The van der Waals surface area contributed by atoms with Crippen molar-refractivity contribution in [3.8, 4) is 11.5 Å². The minimum atomic E-state index is 0. The molecule has 3 rings (SSSR count). The van der Waals surface area contributed by atoms with Gasteiger partial charge >= 0.3 is 0 Å². The van der Waals surface area contributed by atoms with Gasteiger partial charge in [-0.2, -0.15) is 0 Å². The van der Waals surface area contributed by atoms with E-state index in [0.717, 1.165) is 36.4 Å². The number of nitrogens with two attached hydrogens (primary N) is 1. The molecule has 0 saturated carbocycles. The maximum atomic E-state index is 12.4. The lowest BCUT2D eigenvalue weighted by Gasteiger charge is -2.22. The number of ether oxygens (including phenoxy) is 2. The largest absolute Gasteiger partial charge is 0.486 e. The van der Waals surface area contributed by atoms with Crippen molar-refractivity contribution < 1.29 is 14.3 Å². The minimum Gasteiger partial charge on any atom is -0.486 e. The van der Waals surface area contributed by atoms with Gasteiger partial charge in [0.25, 0.3) is 0 Å². The Morgan fingerprint density at radius 3 is 2.74 bits per heavy atom. The summed E-state index contributed by atoms with van der Waals surface area (Å²) >= 11 is 0. The Balaban J connectivity index is 0.00000192. The first kappa shape index (κ1) is 17.9. The van der Waals surface area contributed by atoms with E-state index in [1.54, 1.807) is 0 Å². The number of rotatable bonds is 4. The van der Waals surface area contributed by atoms with Gasteiger partial charge in [-0.25, -0.2) is 0 Å². The maximum absolute atomic E-state index is 12.4. The second-order valence-electron chi connectivity index (χ2n) is 6.21. The molecule has 2 unspecified atom stereocenters. The average Bonchev–Trinajstić information content (AvgIpc) is 2.93. The predicted molar refractivity (Wildman–Crippen MR) is 91.3 cm³/mol. The molecule has 0 aromatic heterocycles. The number of carbonyl (C=O) groups excluding carboxylic acids is 1. The van der Waals surface area contributed by atoms with E-state index < -0.39 is 0 Å². The van der Waals surface area contributed by atoms with Crippen LogP contribution >= 0.6 is 12.4 Å². The van der Waals surface area contributed by atoms with Crippen LogP contribution in [0.15, 0.2) is 18.2 Å². The van der Waals surface area contributed by atoms with E-state index in [2.05, 4.69) is 6.92 Å². The van der Waals surface area contributed by atoms with Crippen LogP contribution in [0.1, 0.15) is 25.3 Å². The van der Waals surface area contributed by atoms with Crippen LogP contribution in [0.4, 0.5) is 0 Å². The molecule has 2 N–H and O–H groups in total. The van der Waals surface area contributed by atoms with Gasteiger partial charge in [-0.1, -0.05) is 6.07 Å². The topological polar surface area (TPSA) is 64.8 Å².